The molecule has 0 radical (unpaired) electrons. The molecule has 2 amide bonds. The molecule has 4 rings (SSSR count). The molecule has 160 valence electrons. The maximum Gasteiger partial charge on any atom is 0.223 e. The summed E-state index contributed by atoms with van der Waals surface area (Å²) in [6.07, 6.45) is 3.98. The lowest BCUT2D eigenvalue weighted by molar-refractivity contribution is -0.126. The number of fused-ring (bicyclic) bond motifs is 1. The third-order valence-electron chi connectivity index (χ3n) is 6.04. The summed E-state index contributed by atoms with van der Waals surface area (Å²) in [4.78, 5) is 30.9. The van der Waals surface area contributed by atoms with Crippen LogP contribution in [0.3, 0.4) is 0 Å². The van der Waals surface area contributed by atoms with Crippen LogP contribution in [0.1, 0.15) is 38.2 Å². The van der Waals surface area contributed by atoms with Gasteiger partial charge < -0.3 is 20.3 Å². The zero-order valence-corrected chi connectivity index (χ0v) is 17.7. The Balaban J connectivity index is 1.37. The Labute approximate surface area is 177 Å². The first-order chi connectivity index (χ1) is 14.5. The van der Waals surface area contributed by atoms with Gasteiger partial charge in [0.05, 0.1) is 11.6 Å². The van der Waals surface area contributed by atoms with Crippen LogP contribution in [0.4, 0.5) is 11.5 Å². The highest BCUT2D eigenvalue weighted by Gasteiger charge is 2.27. The zero-order chi connectivity index (χ0) is 21.1. The van der Waals surface area contributed by atoms with Gasteiger partial charge in [-0.25, -0.2) is 4.98 Å². The SMILES string of the molecule is CC(=O)Nc1ccc2nc(N3CCC(C(=O)NCC4CCCO4)CC3)cc(C)c2c1. The van der Waals surface area contributed by atoms with Crippen molar-refractivity contribution in [2.75, 3.05) is 36.5 Å². The van der Waals surface area contributed by atoms with E-state index in [-0.39, 0.29) is 23.8 Å². The highest BCUT2D eigenvalue weighted by atomic mass is 16.5. The minimum atomic E-state index is -0.0840. The summed E-state index contributed by atoms with van der Waals surface area (Å²) < 4.78 is 5.59. The van der Waals surface area contributed by atoms with E-state index >= 15 is 0 Å². The molecule has 1 unspecified atom stereocenters. The molecule has 30 heavy (non-hydrogen) atoms. The molecule has 2 N–H and O–H groups in total. The number of aromatic nitrogens is 1. The van der Waals surface area contributed by atoms with Crippen molar-refractivity contribution in [2.45, 2.75) is 45.6 Å². The second kappa shape index (κ2) is 9.00. The largest absolute Gasteiger partial charge is 0.376 e. The Morgan fingerprint density at radius 2 is 2.00 bits per heavy atom. The molecule has 0 saturated carbocycles. The van der Waals surface area contributed by atoms with Crippen molar-refractivity contribution in [2.24, 2.45) is 5.92 Å². The molecule has 2 fully saturated rings. The van der Waals surface area contributed by atoms with E-state index in [0.717, 1.165) is 73.4 Å². The number of ether oxygens (including phenoxy) is 1. The van der Waals surface area contributed by atoms with E-state index in [0.29, 0.717) is 6.54 Å². The monoisotopic (exact) mass is 410 g/mol. The van der Waals surface area contributed by atoms with Crippen molar-refractivity contribution < 1.29 is 14.3 Å². The van der Waals surface area contributed by atoms with E-state index in [2.05, 4.69) is 28.5 Å². The number of carbonyl (C=O) groups excluding carboxylic acids is 2. The number of pyridine rings is 1. The number of piperidine rings is 1. The topological polar surface area (TPSA) is 83.6 Å². The minimum Gasteiger partial charge on any atom is -0.376 e. The standard InChI is InChI=1S/C23H30N4O3/c1-15-12-22(26-21-6-5-18(13-20(15)21)25-16(2)28)27-9-7-17(8-10-27)23(29)24-14-19-4-3-11-30-19/h5-6,12-13,17,19H,3-4,7-11,14H2,1-2H3,(H,24,29)(H,25,28). The quantitative estimate of drug-likeness (QED) is 0.792. The summed E-state index contributed by atoms with van der Waals surface area (Å²) >= 11 is 0. The first-order valence-electron chi connectivity index (χ1n) is 10.8. The van der Waals surface area contributed by atoms with Gasteiger partial charge in [-0.15, -0.1) is 0 Å². The fourth-order valence-electron chi connectivity index (χ4n) is 4.35. The molecule has 1 aromatic heterocycles. The lowest BCUT2D eigenvalue weighted by Crippen LogP contribution is -2.42. The summed E-state index contributed by atoms with van der Waals surface area (Å²) in [6.45, 7) is 6.65. The summed E-state index contributed by atoms with van der Waals surface area (Å²) in [5.74, 6) is 1.08. The Morgan fingerprint density at radius 1 is 1.20 bits per heavy atom. The lowest BCUT2D eigenvalue weighted by Gasteiger charge is -2.32. The van der Waals surface area contributed by atoms with E-state index in [1.165, 1.54) is 6.92 Å². The molecule has 1 atom stereocenters. The predicted octanol–water partition coefficient (Wildman–Crippen LogP) is 3.01. The number of rotatable bonds is 5. The van der Waals surface area contributed by atoms with Crippen molar-refractivity contribution in [1.29, 1.82) is 0 Å². The molecular formula is C23H30N4O3. The van der Waals surface area contributed by atoms with Gasteiger partial charge in [0.15, 0.2) is 0 Å². The van der Waals surface area contributed by atoms with Gasteiger partial charge in [0.2, 0.25) is 11.8 Å². The van der Waals surface area contributed by atoms with Crippen molar-refractivity contribution in [3.05, 3.63) is 29.8 Å². The molecule has 3 heterocycles. The highest BCUT2D eigenvalue weighted by molar-refractivity contribution is 5.93. The van der Waals surface area contributed by atoms with Crippen LogP contribution in [0.15, 0.2) is 24.3 Å². The summed E-state index contributed by atoms with van der Waals surface area (Å²) in [5, 5.41) is 6.93. The summed E-state index contributed by atoms with van der Waals surface area (Å²) in [5.41, 5.74) is 2.82. The van der Waals surface area contributed by atoms with Crippen LogP contribution in [0.5, 0.6) is 0 Å². The van der Waals surface area contributed by atoms with Gasteiger partial charge in [-0.1, -0.05) is 0 Å². The fourth-order valence-corrected chi connectivity index (χ4v) is 4.35. The average molecular weight is 411 g/mol. The smallest absolute Gasteiger partial charge is 0.223 e. The van der Waals surface area contributed by atoms with Crippen LogP contribution in [0, 0.1) is 12.8 Å². The third-order valence-corrected chi connectivity index (χ3v) is 6.04. The highest BCUT2D eigenvalue weighted by Crippen LogP contribution is 2.28. The number of nitrogens with one attached hydrogen (secondary N) is 2. The second-order valence-corrected chi connectivity index (χ2v) is 8.35. The molecule has 0 bridgehead atoms. The van der Waals surface area contributed by atoms with E-state index in [9.17, 15) is 9.59 Å². The molecule has 2 aromatic rings. The number of benzene rings is 1. The zero-order valence-electron chi connectivity index (χ0n) is 17.7. The third kappa shape index (κ3) is 4.73. The first-order valence-corrected chi connectivity index (χ1v) is 10.8. The van der Waals surface area contributed by atoms with Crippen molar-refractivity contribution in [3.63, 3.8) is 0 Å². The van der Waals surface area contributed by atoms with Gasteiger partial charge in [-0.05, 0) is 62.4 Å². The molecule has 2 aliphatic heterocycles. The lowest BCUT2D eigenvalue weighted by atomic mass is 9.95. The molecule has 2 aliphatic rings. The summed E-state index contributed by atoms with van der Waals surface area (Å²) in [7, 11) is 0. The maximum atomic E-state index is 12.5. The number of carbonyl (C=O) groups is 2. The molecule has 7 heteroatoms. The molecule has 2 saturated heterocycles. The van der Waals surface area contributed by atoms with Crippen molar-refractivity contribution in [3.8, 4) is 0 Å². The molecule has 0 spiro atoms. The van der Waals surface area contributed by atoms with Gasteiger partial charge in [0, 0.05) is 50.2 Å². The number of aryl methyl sites for hydroxylation is 1. The predicted molar refractivity (Wildman–Crippen MR) is 118 cm³/mol. The van der Waals surface area contributed by atoms with Gasteiger partial charge >= 0.3 is 0 Å². The average Bonchev–Trinajstić information content (AvgIpc) is 3.26. The Bertz CT molecular complexity index is 931. The van der Waals surface area contributed by atoms with Gasteiger partial charge in [-0.2, -0.15) is 0 Å². The van der Waals surface area contributed by atoms with Crippen molar-refractivity contribution in [1.82, 2.24) is 10.3 Å². The molecule has 7 nitrogen and oxygen atoms in total. The molecular weight excluding hydrogens is 380 g/mol. The minimum absolute atomic E-state index is 0.0596. The van der Waals surface area contributed by atoms with Crippen LogP contribution in [-0.2, 0) is 14.3 Å². The Morgan fingerprint density at radius 3 is 2.70 bits per heavy atom. The number of hydrogen-bond acceptors (Lipinski definition) is 5. The van der Waals surface area contributed by atoms with Crippen LogP contribution in [0.25, 0.3) is 10.9 Å². The molecule has 0 aliphatic carbocycles. The van der Waals surface area contributed by atoms with Crippen LogP contribution in [0.2, 0.25) is 0 Å². The van der Waals surface area contributed by atoms with E-state index in [1.54, 1.807) is 0 Å². The van der Waals surface area contributed by atoms with Gasteiger partial charge in [0.1, 0.15) is 5.82 Å². The van der Waals surface area contributed by atoms with E-state index in [4.69, 9.17) is 9.72 Å². The van der Waals surface area contributed by atoms with Crippen LogP contribution < -0.4 is 15.5 Å². The van der Waals surface area contributed by atoms with Crippen LogP contribution in [-0.4, -0.2) is 49.1 Å². The fraction of sp³-hybridized carbons (Fsp3) is 0.522. The van der Waals surface area contributed by atoms with Crippen molar-refractivity contribution >= 4 is 34.2 Å². The maximum absolute atomic E-state index is 12.5. The first kappa shape index (κ1) is 20.6. The van der Waals surface area contributed by atoms with E-state index in [1.807, 2.05) is 18.2 Å². The Hall–Kier alpha value is -2.67. The number of hydrogen-bond donors (Lipinski definition) is 2. The van der Waals surface area contributed by atoms with Gasteiger partial charge in [0.25, 0.3) is 0 Å². The number of anilines is 2. The normalized spacial score (nSPS) is 19.8. The second-order valence-electron chi connectivity index (χ2n) is 8.35. The summed E-state index contributed by atoms with van der Waals surface area (Å²) in [6, 6.07) is 7.89. The van der Waals surface area contributed by atoms with Crippen LogP contribution >= 0.6 is 0 Å². The van der Waals surface area contributed by atoms with E-state index < -0.39 is 0 Å². The molecule has 1 aromatic carbocycles. The number of nitrogens with zero attached hydrogens (tertiary/aromatic N) is 2. The number of amides is 2. The van der Waals surface area contributed by atoms with Gasteiger partial charge in [-0.3, -0.25) is 9.59 Å². The Kier molecular flexibility index (Phi) is 6.18.